The van der Waals surface area contributed by atoms with E-state index in [0.29, 0.717) is 6.61 Å². The molecule has 0 aliphatic rings. The highest BCUT2D eigenvalue weighted by atomic mass is 79.9. The standard InChI is InChI=1S/C13H15BrO2/c1-2-3-9-16-13(15)8-7-11-5-4-6-12(14)10-11/h4-8,10H,2-3,9H2,1H3/b8-7+. The molecule has 3 heteroatoms. The summed E-state index contributed by atoms with van der Waals surface area (Å²) in [5, 5.41) is 0. The smallest absolute Gasteiger partial charge is 0.330 e. The van der Waals surface area contributed by atoms with Crippen molar-refractivity contribution in [1.82, 2.24) is 0 Å². The van der Waals surface area contributed by atoms with Gasteiger partial charge >= 0.3 is 5.97 Å². The van der Waals surface area contributed by atoms with Gasteiger partial charge in [-0.3, -0.25) is 0 Å². The van der Waals surface area contributed by atoms with E-state index in [2.05, 4.69) is 22.9 Å². The lowest BCUT2D eigenvalue weighted by Gasteiger charge is -1.99. The van der Waals surface area contributed by atoms with Crippen LogP contribution in [0.2, 0.25) is 0 Å². The predicted molar refractivity (Wildman–Crippen MR) is 69.0 cm³/mol. The Morgan fingerprint density at radius 1 is 1.50 bits per heavy atom. The van der Waals surface area contributed by atoms with Gasteiger partial charge in [-0.25, -0.2) is 4.79 Å². The fourth-order valence-electron chi connectivity index (χ4n) is 1.14. The Hall–Kier alpha value is -1.09. The Kier molecular flexibility index (Phi) is 5.86. The topological polar surface area (TPSA) is 26.3 Å². The Bertz CT molecular complexity index is 372. The van der Waals surface area contributed by atoms with Crippen molar-refractivity contribution in [3.8, 4) is 0 Å². The van der Waals surface area contributed by atoms with Gasteiger partial charge in [0.2, 0.25) is 0 Å². The molecule has 2 nitrogen and oxygen atoms in total. The van der Waals surface area contributed by atoms with Gasteiger partial charge in [-0.2, -0.15) is 0 Å². The summed E-state index contributed by atoms with van der Waals surface area (Å²) in [6.07, 6.45) is 5.15. The number of unbranched alkanes of at least 4 members (excludes halogenated alkanes) is 1. The van der Waals surface area contributed by atoms with Crippen molar-refractivity contribution >= 4 is 28.0 Å². The number of benzene rings is 1. The van der Waals surface area contributed by atoms with Crippen molar-refractivity contribution < 1.29 is 9.53 Å². The number of rotatable bonds is 5. The Labute approximate surface area is 104 Å². The Balaban J connectivity index is 2.44. The van der Waals surface area contributed by atoms with Crippen molar-refractivity contribution in [3.05, 3.63) is 40.4 Å². The average Bonchev–Trinajstić information content (AvgIpc) is 2.27. The molecule has 1 aromatic rings. The van der Waals surface area contributed by atoms with E-state index < -0.39 is 0 Å². The molecule has 0 spiro atoms. The number of carbonyl (C=O) groups excluding carboxylic acids is 1. The first-order valence-corrected chi connectivity index (χ1v) is 6.12. The largest absolute Gasteiger partial charge is 0.463 e. The van der Waals surface area contributed by atoms with Gasteiger partial charge in [0.05, 0.1) is 6.61 Å². The van der Waals surface area contributed by atoms with Gasteiger partial charge in [0.15, 0.2) is 0 Å². The van der Waals surface area contributed by atoms with E-state index >= 15 is 0 Å². The second kappa shape index (κ2) is 7.23. The van der Waals surface area contributed by atoms with Crippen LogP contribution in [-0.4, -0.2) is 12.6 Å². The highest BCUT2D eigenvalue weighted by Crippen LogP contribution is 2.12. The summed E-state index contributed by atoms with van der Waals surface area (Å²) in [5.41, 5.74) is 0.974. The minimum atomic E-state index is -0.284. The lowest BCUT2D eigenvalue weighted by Crippen LogP contribution is -2.01. The fraction of sp³-hybridized carbons (Fsp3) is 0.308. The van der Waals surface area contributed by atoms with E-state index in [9.17, 15) is 4.79 Å². The summed E-state index contributed by atoms with van der Waals surface area (Å²) in [4.78, 5) is 11.3. The van der Waals surface area contributed by atoms with Gasteiger partial charge < -0.3 is 4.74 Å². The molecule has 1 rings (SSSR count). The second-order valence-corrected chi connectivity index (χ2v) is 4.33. The molecule has 0 heterocycles. The van der Waals surface area contributed by atoms with E-state index in [1.54, 1.807) is 6.08 Å². The predicted octanol–water partition coefficient (Wildman–Crippen LogP) is 3.81. The Morgan fingerprint density at radius 2 is 2.31 bits per heavy atom. The molecule has 1 aromatic carbocycles. The van der Waals surface area contributed by atoms with Crippen molar-refractivity contribution in [2.75, 3.05) is 6.61 Å². The van der Waals surface area contributed by atoms with E-state index in [1.807, 2.05) is 24.3 Å². The van der Waals surface area contributed by atoms with Crippen LogP contribution in [0.4, 0.5) is 0 Å². The van der Waals surface area contributed by atoms with E-state index in [0.717, 1.165) is 22.9 Å². The molecule has 0 fully saturated rings. The number of hydrogen-bond donors (Lipinski definition) is 0. The van der Waals surface area contributed by atoms with Crippen LogP contribution in [0.25, 0.3) is 6.08 Å². The second-order valence-electron chi connectivity index (χ2n) is 3.41. The summed E-state index contributed by atoms with van der Waals surface area (Å²) in [5.74, 6) is -0.284. The van der Waals surface area contributed by atoms with Crippen LogP contribution in [0.5, 0.6) is 0 Å². The molecular weight excluding hydrogens is 268 g/mol. The van der Waals surface area contributed by atoms with Crippen LogP contribution in [0, 0.1) is 0 Å². The summed E-state index contributed by atoms with van der Waals surface area (Å²) >= 11 is 3.37. The third-order valence-corrected chi connectivity index (χ3v) is 2.50. The highest BCUT2D eigenvalue weighted by molar-refractivity contribution is 9.10. The van der Waals surface area contributed by atoms with Crippen molar-refractivity contribution in [2.24, 2.45) is 0 Å². The number of ether oxygens (including phenoxy) is 1. The lowest BCUT2D eigenvalue weighted by molar-refractivity contribution is -0.137. The number of hydrogen-bond acceptors (Lipinski definition) is 2. The van der Waals surface area contributed by atoms with Gasteiger partial charge in [0.1, 0.15) is 0 Å². The molecule has 0 amide bonds. The monoisotopic (exact) mass is 282 g/mol. The molecule has 86 valence electrons. The van der Waals surface area contributed by atoms with Gasteiger partial charge in [0.25, 0.3) is 0 Å². The summed E-state index contributed by atoms with van der Waals surface area (Å²) in [6.45, 7) is 2.56. The van der Waals surface area contributed by atoms with Gasteiger partial charge in [0, 0.05) is 10.5 Å². The third-order valence-electron chi connectivity index (χ3n) is 2.00. The maximum absolute atomic E-state index is 11.3. The molecule has 0 N–H and O–H groups in total. The maximum atomic E-state index is 11.3. The maximum Gasteiger partial charge on any atom is 0.330 e. The third kappa shape index (κ3) is 5.12. The van der Waals surface area contributed by atoms with Crippen molar-refractivity contribution in [2.45, 2.75) is 19.8 Å². The molecular formula is C13H15BrO2. The first-order chi connectivity index (χ1) is 7.72. The first kappa shape index (κ1) is 13.0. The first-order valence-electron chi connectivity index (χ1n) is 5.33. The van der Waals surface area contributed by atoms with Gasteiger partial charge in [-0.05, 0) is 30.2 Å². The molecule has 0 unspecified atom stereocenters. The van der Waals surface area contributed by atoms with Crippen LogP contribution < -0.4 is 0 Å². The van der Waals surface area contributed by atoms with E-state index in [-0.39, 0.29) is 5.97 Å². The zero-order valence-corrected chi connectivity index (χ0v) is 10.9. The van der Waals surface area contributed by atoms with Gasteiger partial charge in [-0.15, -0.1) is 0 Å². The van der Waals surface area contributed by atoms with E-state index in [4.69, 9.17) is 4.74 Å². The normalized spacial score (nSPS) is 10.6. The van der Waals surface area contributed by atoms with E-state index in [1.165, 1.54) is 6.08 Å². The molecule has 16 heavy (non-hydrogen) atoms. The average molecular weight is 283 g/mol. The van der Waals surface area contributed by atoms with Crippen molar-refractivity contribution in [1.29, 1.82) is 0 Å². The number of halogens is 1. The quantitative estimate of drug-likeness (QED) is 0.466. The minimum Gasteiger partial charge on any atom is -0.463 e. The fourth-order valence-corrected chi connectivity index (χ4v) is 1.56. The van der Waals surface area contributed by atoms with Gasteiger partial charge in [-0.1, -0.05) is 41.4 Å². The number of esters is 1. The van der Waals surface area contributed by atoms with Crippen LogP contribution >= 0.6 is 15.9 Å². The summed E-state index contributed by atoms with van der Waals surface area (Å²) in [6, 6.07) is 7.74. The summed E-state index contributed by atoms with van der Waals surface area (Å²) < 4.78 is 5.99. The molecule has 0 bridgehead atoms. The minimum absolute atomic E-state index is 0.284. The highest BCUT2D eigenvalue weighted by Gasteiger charge is 1.96. The molecule has 0 atom stereocenters. The van der Waals surface area contributed by atoms with Crippen LogP contribution in [0.15, 0.2) is 34.8 Å². The lowest BCUT2D eigenvalue weighted by atomic mass is 10.2. The zero-order valence-electron chi connectivity index (χ0n) is 9.28. The number of carbonyl (C=O) groups is 1. The molecule has 0 aromatic heterocycles. The van der Waals surface area contributed by atoms with Crippen LogP contribution in [0.1, 0.15) is 25.3 Å². The SMILES string of the molecule is CCCCOC(=O)/C=C/c1cccc(Br)c1. The molecule has 0 saturated carbocycles. The molecule has 0 aliphatic carbocycles. The summed E-state index contributed by atoms with van der Waals surface area (Å²) in [7, 11) is 0. The zero-order chi connectivity index (χ0) is 11.8. The molecule has 0 saturated heterocycles. The van der Waals surface area contributed by atoms with Crippen LogP contribution in [0.3, 0.4) is 0 Å². The Morgan fingerprint density at radius 3 is 3.00 bits per heavy atom. The molecule has 0 radical (unpaired) electrons. The molecule has 0 aliphatic heterocycles. The van der Waals surface area contributed by atoms with Crippen LogP contribution in [-0.2, 0) is 9.53 Å². The van der Waals surface area contributed by atoms with Crippen molar-refractivity contribution in [3.63, 3.8) is 0 Å².